The van der Waals surface area contributed by atoms with Crippen LogP contribution in [-0.2, 0) is 4.79 Å². The first-order valence-corrected chi connectivity index (χ1v) is 8.69. The molecule has 0 spiro atoms. The highest BCUT2D eigenvalue weighted by atomic mass is 19.4. The number of carbonyl (C=O) groups excluding carboxylic acids is 2. The van der Waals surface area contributed by atoms with Crippen LogP contribution in [0.25, 0.3) is 0 Å². The zero-order chi connectivity index (χ0) is 20.1. The van der Waals surface area contributed by atoms with Gasteiger partial charge in [0.1, 0.15) is 11.6 Å². The molecule has 2 aromatic rings. The zero-order valence-corrected chi connectivity index (χ0v) is 14.8. The summed E-state index contributed by atoms with van der Waals surface area (Å²) in [6.07, 6.45) is -2.19. The molecule has 2 heterocycles. The number of aromatic nitrogens is 1. The molecule has 1 saturated heterocycles. The molecule has 0 unspecified atom stereocenters. The van der Waals surface area contributed by atoms with Crippen molar-refractivity contribution in [2.75, 3.05) is 18.4 Å². The molecule has 1 aliphatic rings. The van der Waals surface area contributed by atoms with Gasteiger partial charge >= 0.3 is 6.36 Å². The third kappa shape index (κ3) is 5.21. The Bertz CT molecular complexity index is 818. The molecule has 1 N–H and O–H groups in total. The molecule has 9 heteroatoms. The average Bonchev–Trinajstić information content (AvgIpc) is 2.68. The number of nitrogens with zero attached hydrogens (tertiary/aromatic N) is 2. The van der Waals surface area contributed by atoms with Crippen LogP contribution in [0.2, 0.25) is 0 Å². The summed E-state index contributed by atoms with van der Waals surface area (Å²) in [6, 6.07) is 10.0. The van der Waals surface area contributed by atoms with Gasteiger partial charge in [-0.3, -0.25) is 9.59 Å². The molecule has 1 aromatic carbocycles. The fraction of sp³-hybridized carbons (Fsp3) is 0.316. The lowest BCUT2D eigenvalue weighted by molar-refractivity contribution is -0.274. The second-order valence-electron chi connectivity index (χ2n) is 6.34. The molecule has 1 fully saturated rings. The van der Waals surface area contributed by atoms with Gasteiger partial charge in [0.05, 0.1) is 0 Å². The van der Waals surface area contributed by atoms with Gasteiger partial charge in [-0.15, -0.1) is 13.2 Å². The van der Waals surface area contributed by atoms with Crippen molar-refractivity contribution in [3.8, 4) is 5.75 Å². The fourth-order valence-corrected chi connectivity index (χ4v) is 2.99. The van der Waals surface area contributed by atoms with E-state index in [0.717, 1.165) is 12.1 Å². The highest BCUT2D eigenvalue weighted by Crippen LogP contribution is 2.24. The third-order valence-electron chi connectivity index (χ3n) is 4.40. The Kier molecular flexibility index (Phi) is 5.81. The number of benzene rings is 1. The minimum Gasteiger partial charge on any atom is -0.406 e. The predicted molar refractivity (Wildman–Crippen MR) is 94.6 cm³/mol. The third-order valence-corrected chi connectivity index (χ3v) is 4.40. The summed E-state index contributed by atoms with van der Waals surface area (Å²) >= 11 is 0. The quantitative estimate of drug-likeness (QED) is 0.864. The Labute approximate surface area is 159 Å². The molecule has 28 heavy (non-hydrogen) atoms. The van der Waals surface area contributed by atoms with Gasteiger partial charge < -0.3 is 15.0 Å². The first-order valence-electron chi connectivity index (χ1n) is 8.69. The van der Waals surface area contributed by atoms with Crippen LogP contribution in [-0.4, -0.2) is 41.2 Å². The Hall–Kier alpha value is -3.10. The SMILES string of the molecule is O=C(Nc1ccccn1)C1CCN(C(=O)c2ccc(OC(F)(F)F)cc2)CC1. The van der Waals surface area contributed by atoms with E-state index in [1.54, 1.807) is 29.3 Å². The molecule has 0 bridgehead atoms. The van der Waals surface area contributed by atoms with E-state index in [-0.39, 0.29) is 29.0 Å². The van der Waals surface area contributed by atoms with Crippen molar-refractivity contribution in [1.82, 2.24) is 9.88 Å². The van der Waals surface area contributed by atoms with E-state index in [4.69, 9.17) is 0 Å². The molecule has 2 amide bonds. The highest BCUT2D eigenvalue weighted by Gasteiger charge is 2.31. The lowest BCUT2D eigenvalue weighted by Gasteiger charge is -2.31. The maximum atomic E-state index is 12.5. The summed E-state index contributed by atoms with van der Waals surface area (Å²) in [6.45, 7) is 0.778. The number of piperidine rings is 1. The van der Waals surface area contributed by atoms with E-state index in [1.165, 1.54) is 12.1 Å². The second kappa shape index (κ2) is 8.28. The lowest BCUT2D eigenvalue weighted by Crippen LogP contribution is -2.41. The van der Waals surface area contributed by atoms with Crippen molar-refractivity contribution < 1.29 is 27.5 Å². The van der Waals surface area contributed by atoms with E-state index in [0.29, 0.717) is 31.7 Å². The van der Waals surface area contributed by atoms with Crippen molar-refractivity contribution in [3.63, 3.8) is 0 Å². The lowest BCUT2D eigenvalue weighted by atomic mass is 9.95. The van der Waals surface area contributed by atoms with Gasteiger partial charge in [-0.1, -0.05) is 6.07 Å². The molecular formula is C19H18F3N3O3. The molecular weight excluding hydrogens is 375 g/mol. The number of anilines is 1. The molecule has 0 radical (unpaired) electrons. The number of ether oxygens (including phenoxy) is 1. The van der Waals surface area contributed by atoms with E-state index >= 15 is 0 Å². The first-order chi connectivity index (χ1) is 13.3. The maximum Gasteiger partial charge on any atom is 0.573 e. The number of pyridine rings is 1. The molecule has 6 nitrogen and oxygen atoms in total. The van der Waals surface area contributed by atoms with Gasteiger partial charge in [0.25, 0.3) is 5.91 Å². The summed E-state index contributed by atoms with van der Waals surface area (Å²) in [5.41, 5.74) is 0.269. The molecule has 148 valence electrons. The summed E-state index contributed by atoms with van der Waals surface area (Å²) in [5.74, 6) is -0.559. The average molecular weight is 393 g/mol. The van der Waals surface area contributed by atoms with Crippen molar-refractivity contribution in [2.45, 2.75) is 19.2 Å². The number of halogens is 3. The predicted octanol–water partition coefficient (Wildman–Crippen LogP) is 3.47. The number of hydrogen-bond donors (Lipinski definition) is 1. The maximum absolute atomic E-state index is 12.5. The standard InChI is InChI=1S/C19H18F3N3O3/c20-19(21,22)28-15-6-4-14(5-7-15)18(27)25-11-8-13(9-12-25)17(26)24-16-3-1-2-10-23-16/h1-7,10,13H,8-9,11-12H2,(H,23,24,26). The van der Waals surface area contributed by atoms with Crippen LogP contribution in [0.3, 0.4) is 0 Å². The van der Waals surface area contributed by atoms with Crippen LogP contribution in [0.5, 0.6) is 5.75 Å². The van der Waals surface area contributed by atoms with Gasteiger partial charge in [0, 0.05) is 30.8 Å². The van der Waals surface area contributed by atoms with Crippen LogP contribution in [0.1, 0.15) is 23.2 Å². The molecule has 1 aromatic heterocycles. The largest absolute Gasteiger partial charge is 0.573 e. The Morgan fingerprint density at radius 3 is 2.32 bits per heavy atom. The second-order valence-corrected chi connectivity index (χ2v) is 6.34. The highest BCUT2D eigenvalue weighted by molar-refractivity contribution is 5.95. The van der Waals surface area contributed by atoms with Gasteiger partial charge in [-0.25, -0.2) is 4.98 Å². The summed E-state index contributed by atoms with van der Waals surface area (Å²) < 4.78 is 40.4. The number of carbonyl (C=O) groups is 2. The van der Waals surface area contributed by atoms with Gasteiger partial charge in [-0.05, 0) is 49.2 Å². The van der Waals surface area contributed by atoms with Gasteiger partial charge in [0.2, 0.25) is 5.91 Å². The number of alkyl halides is 3. The smallest absolute Gasteiger partial charge is 0.406 e. The first kappa shape index (κ1) is 19.7. The summed E-state index contributed by atoms with van der Waals surface area (Å²) in [4.78, 5) is 30.5. The number of hydrogen-bond acceptors (Lipinski definition) is 4. The summed E-state index contributed by atoms with van der Waals surface area (Å²) in [5, 5.41) is 2.75. The van der Waals surface area contributed by atoms with Crippen LogP contribution in [0, 0.1) is 5.92 Å². The minimum absolute atomic E-state index is 0.139. The topological polar surface area (TPSA) is 71.5 Å². The summed E-state index contributed by atoms with van der Waals surface area (Å²) in [7, 11) is 0. The number of rotatable bonds is 4. The van der Waals surface area contributed by atoms with Crippen molar-refractivity contribution >= 4 is 17.6 Å². The van der Waals surface area contributed by atoms with E-state index < -0.39 is 6.36 Å². The number of nitrogens with one attached hydrogen (secondary N) is 1. The number of likely N-dealkylation sites (tertiary alicyclic amines) is 1. The molecule has 0 aliphatic carbocycles. The zero-order valence-electron chi connectivity index (χ0n) is 14.8. The van der Waals surface area contributed by atoms with Crippen LogP contribution < -0.4 is 10.1 Å². The Balaban J connectivity index is 1.53. The van der Waals surface area contributed by atoms with Crippen LogP contribution in [0.4, 0.5) is 19.0 Å². The van der Waals surface area contributed by atoms with Crippen molar-refractivity contribution in [3.05, 3.63) is 54.2 Å². The molecule has 3 rings (SSSR count). The Morgan fingerprint density at radius 1 is 1.07 bits per heavy atom. The minimum atomic E-state index is -4.77. The monoisotopic (exact) mass is 393 g/mol. The van der Waals surface area contributed by atoms with Crippen molar-refractivity contribution in [1.29, 1.82) is 0 Å². The van der Waals surface area contributed by atoms with Gasteiger partial charge in [0.15, 0.2) is 0 Å². The van der Waals surface area contributed by atoms with Crippen molar-refractivity contribution in [2.24, 2.45) is 5.92 Å². The van der Waals surface area contributed by atoms with E-state index in [9.17, 15) is 22.8 Å². The number of amides is 2. The fourth-order valence-electron chi connectivity index (χ4n) is 2.99. The Morgan fingerprint density at radius 2 is 1.75 bits per heavy atom. The molecule has 0 atom stereocenters. The molecule has 0 saturated carbocycles. The molecule has 1 aliphatic heterocycles. The normalized spacial score (nSPS) is 15.2. The van der Waals surface area contributed by atoms with Crippen LogP contribution >= 0.6 is 0 Å². The van der Waals surface area contributed by atoms with Crippen LogP contribution in [0.15, 0.2) is 48.7 Å². The van der Waals surface area contributed by atoms with E-state index in [1.807, 2.05) is 0 Å². The van der Waals surface area contributed by atoms with E-state index in [2.05, 4.69) is 15.0 Å². The van der Waals surface area contributed by atoms with Gasteiger partial charge in [-0.2, -0.15) is 0 Å².